The maximum absolute atomic E-state index is 11.4. The summed E-state index contributed by atoms with van der Waals surface area (Å²) in [5, 5.41) is 8.57. The van der Waals surface area contributed by atoms with E-state index in [1.54, 1.807) is 17.5 Å². The number of nitrogens with one attached hydrogen (secondary N) is 2. The lowest BCUT2D eigenvalue weighted by atomic mass is 10.4. The fourth-order valence-corrected chi connectivity index (χ4v) is 1.81. The first kappa shape index (κ1) is 9.45. The Hall–Kier alpha value is -1.10. The molecule has 5 heteroatoms. The number of nitrogens with zero attached hydrogens (tertiary/aromatic N) is 1. The van der Waals surface area contributed by atoms with Crippen molar-refractivity contribution in [1.29, 1.82) is 0 Å². The number of hydrogen-bond acceptors (Lipinski definition) is 3. The smallest absolute Gasteiger partial charge is 0.315 e. The van der Waals surface area contributed by atoms with Gasteiger partial charge in [0.15, 0.2) is 0 Å². The predicted octanol–water partition coefficient (Wildman–Crippen LogP) is 1.67. The van der Waals surface area contributed by atoms with Crippen molar-refractivity contribution in [3.8, 4) is 0 Å². The maximum atomic E-state index is 11.4. The van der Waals surface area contributed by atoms with Crippen LogP contribution in [0.15, 0.2) is 11.6 Å². The molecule has 4 nitrogen and oxygen atoms in total. The van der Waals surface area contributed by atoms with Gasteiger partial charge in [-0.05, 0) is 19.8 Å². The van der Waals surface area contributed by atoms with E-state index in [0.29, 0.717) is 6.04 Å². The van der Waals surface area contributed by atoms with Gasteiger partial charge in [-0.25, -0.2) is 9.78 Å². The van der Waals surface area contributed by atoms with Crippen LogP contribution in [0.4, 0.5) is 4.79 Å². The quantitative estimate of drug-likeness (QED) is 0.799. The predicted molar refractivity (Wildman–Crippen MR) is 55.2 cm³/mol. The van der Waals surface area contributed by atoms with Gasteiger partial charge in [-0.2, -0.15) is 0 Å². The van der Waals surface area contributed by atoms with Crippen LogP contribution in [-0.4, -0.2) is 17.1 Å². The summed E-state index contributed by atoms with van der Waals surface area (Å²) in [6.07, 6.45) is 3.97. The van der Waals surface area contributed by atoms with Gasteiger partial charge in [-0.1, -0.05) is 0 Å². The van der Waals surface area contributed by atoms with Gasteiger partial charge in [-0.3, -0.25) is 0 Å². The molecule has 1 atom stereocenters. The molecule has 1 aromatic rings. The van der Waals surface area contributed by atoms with Crippen molar-refractivity contribution in [2.75, 3.05) is 0 Å². The Bertz CT molecular complexity index is 308. The molecule has 2 N–H and O–H groups in total. The Labute approximate surface area is 86.7 Å². The molecule has 1 aliphatic carbocycles. The highest BCUT2D eigenvalue weighted by Gasteiger charge is 2.24. The van der Waals surface area contributed by atoms with Crippen molar-refractivity contribution in [3.63, 3.8) is 0 Å². The Morgan fingerprint density at radius 1 is 1.71 bits per heavy atom. The van der Waals surface area contributed by atoms with Gasteiger partial charge in [0, 0.05) is 17.6 Å². The third-order valence-electron chi connectivity index (χ3n) is 2.08. The lowest BCUT2D eigenvalue weighted by Crippen LogP contribution is -2.38. The highest BCUT2D eigenvalue weighted by Crippen LogP contribution is 2.19. The van der Waals surface area contributed by atoms with E-state index in [9.17, 15) is 4.79 Å². The largest absolute Gasteiger partial charge is 0.335 e. The van der Waals surface area contributed by atoms with Crippen molar-refractivity contribution in [2.45, 2.75) is 31.8 Å². The van der Waals surface area contributed by atoms with E-state index in [1.165, 1.54) is 0 Å². The summed E-state index contributed by atoms with van der Waals surface area (Å²) < 4.78 is 0. The van der Waals surface area contributed by atoms with E-state index < -0.39 is 0 Å². The SMILES string of the molecule is CC(NC(=O)NC1CC1)c1nccs1. The number of amides is 2. The number of carbonyl (C=O) groups excluding carboxylic acids is 1. The first-order valence-corrected chi connectivity index (χ1v) is 5.60. The molecular weight excluding hydrogens is 198 g/mol. The second-order valence-electron chi connectivity index (χ2n) is 3.48. The summed E-state index contributed by atoms with van der Waals surface area (Å²) in [5.41, 5.74) is 0. The molecule has 0 spiro atoms. The molecule has 0 saturated heterocycles. The summed E-state index contributed by atoms with van der Waals surface area (Å²) >= 11 is 1.55. The summed E-state index contributed by atoms with van der Waals surface area (Å²) in [6, 6.07) is 0.308. The molecule has 1 fully saturated rings. The van der Waals surface area contributed by atoms with Crippen LogP contribution in [0.2, 0.25) is 0 Å². The third kappa shape index (κ3) is 2.45. The topological polar surface area (TPSA) is 54.0 Å². The van der Waals surface area contributed by atoms with Crippen LogP contribution in [0.1, 0.15) is 30.8 Å². The number of thiazole rings is 1. The normalized spacial score (nSPS) is 17.5. The average molecular weight is 211 g/mol. The van der Waals surface area contributed by atoms with Crippen molar-refractivity contribution in [2.24, 2.45) is 0 Å². The molecule has 2 rings (SSSR count). The zero-order chi connectivity index (χ0) is 9.97. The van der Waals surface area contributed by atoms with Gasteiger partial charge >= 0.3 is 6.03 Å². The lowest BCUT2D eigenvalue weighted by Gasteiger charge is -2.11. The van der Waals surface area contributed by atoms with Crippen LogP contribution in [0.3, 0.4) is 0 Å². The van der Waals surface area contributed by atoms with Gasteiger partial charge in [0.2, 0.25) is 0 Å². The summed E-state index contributed by atoms with van der Waals surface area (Å²) in [6.45, 7) is 1.94. The Morgan fingerprint density at radius 2 is 2.50 bits per heavy atom. The van der Waals surface area contributed by atoms with Gasteiger partial charge in [0.05, 0.1) is 6.04 Å². The van der Waals surface area contributed by atoms with Crippen LogP contribution < -0.4 is 10.6 Å². The van der Waals surface area contributed by atoms with E-state index in [1.807, 2.05) is 12.3 Å². The van der Waals surface area contributed by atoms with Crippen molar-refractivity contribution >= 4 is 17.4 Å². The fraction of sp³-hybridized carbons (Fsp3) is 0.556. The highest BCUT2D eigenvalue weighted by atomic mass is 32.1. The van der Waals surface area contributed by atoms with Gasteiger partial charge in [0.25, 0.3) is 0 Å². The number of urea groups is 1. The second-order valence-corrected chi connectivity index (χ2v) is 4.41. The van der Waals surface area contributed by atoms with E-state index in [2.05, 4.69) is 15.6 Å². The van der Waals surface area contributed by atoms with Crippen molar-refractivity contribution < 1.29 is 4.79 Å². The van der Waals surface area contributed by atoms with Crippen LogP contribution in [-0.2, 0) is 0 Å². The number of carbonyl (C=O) groups is 1. The number of hydrogen-bond donors (Lipinski definition) is 2. The van der Waals surface area contributed by atoms with E-state index in [-0.39, 0.29) is 12.1 Å². The molecular formula is C9H13N3OS. The minimum Gasteiger partial charge on any atom is -0.335 e. The summed E-state index contributed by atoms with van der Waals surface area (Å²) in [7, 11) is 0. The zero-order valence-corrected chi connectivity index (χ0v) is 8.80. The minimum atomic E-state index is -0.0878. The van der Waals surface area contributed by atoms with Gasteiger partial charge < -0.3 is 10.6 Å². The molecule has 1 unspecified atom stereocenters. The summed E-state index contributed by atoms with van der Waals surface area (Å²) in [5.74, 6) is 0. The molecule has 0 aliphatic heterocycles. The van der Waals surface area contributed by atoms with Gasteiger partial charge in [-0.15, -0.1) is 11.3 Å². The van der Waals surface area contributed by atoms with Crippen molar-refractivity contribution in [3.05, 3.63) is 16.6 Å². The standard InChI is InChI=1S/C9H13N3OS/c1-6(8-10-4-5-14-8)11-9(13)12-7-2-3-7/h4-7H,2-3H2,1H3,(H2,11,12,13). The number of rotatable bonds is 3. The molecule has 2 amide bonds. The molecule has 0 aromatic carbocycles. The molecule has 1 saturated carbocycles. The monoisotopic (exact) mass is 211 g/mol. The molecule has 0 radical (unpaired) electrons. The first-order chi connectivity index (χ1) is 6.75. The summed E-state index contributed by atoms with van der Waals surface area (Å²) in [4.78, 5) is 15.5. The Kier molecular flexibility index (Phi) is 2.67. The highest BCUT2D eigenvalue weighted by molar-refractivity contribution is 7.09. The third-order valence-corrected chi connectivity index (χ3v) is 3.04. The van der Waals surface area contributed by atoms with Crippen LogP contribution in [0, 0.1) is 0 Å². The van der Waals surface area contributed by atoms with Crippen LogP contribution >= 0.6 is 11.3 Å². The molecule has 76 valence electrons. The molecule has 1 aliphatic rings. The van der Waals surface area contributed by atoms with Crippen LogP contribution in [0.5, 0.6) is 0 Å². The molecule has 1 heterocycles. The Morgan fingerprint density at radius 3 is 3.07 bits per heavy atom. The zero-order valence-electron chi connectivity index (χ0n) is 7.99. The second kappa shape index (κ2) is 3.96. The maximum Gasteiger partial charge on any atom is 0.315 e. The lowest BCUT2D eigenvalue weighted by molar-refractivity contribution is 0.237. The molecule has 0 bridgehead atoms. The Balaban J connectivity index is 1.81. The van der Waals surface area contributed by atoms with E-state index >= 15 is 0 Å². The molecule has 1 aromatic heterocycles. The first-order valence-electron chi connectivity index (χ1n) is 4.72. The minimum absolute atomic E-state index is 0.00579. The van der Waals surface area contributed by atoms with E-state index in [4.69, 9.17) is 0 Å². The number of aromatic nitrogens is 1. The van der Waals surface area contributed by atoms with Crippen molar-refractivity contribution in [1.82, 2.24) is 15.6 Å². The van der Waals surface area contributed by atoms with E-state index in [0.717, 1.165) is 17.8 Å². The van der Waals surface area contributed by atoms with Crippen LogP contribution in [0.25, 0.3) is 0 Å². The molecule has 14 heavy (non-hydrogen) atoms. The fourth-order valence-electron chi connectivity index (χ4n) is 1.16. The average Bonchev–Trinajstić information content (AvgIpc) is 2.80. The van der Waals surface area contributed by atoms with Gasteiger partial charge in [0.1, 0.15) is 5.01 Å².